The van der Waals surface area contributed by atoms with E-state index in [1.165, 1.54) is 5.56 Å². The van der Waals surface area contributed by atoms with Crippen LogP contribution in [-0.4, -0.2) is 39.8 Å². The van der Waals surface area contributed by atoms with Gasteiger partial charge in [0.2, 0.25) is 5.91 Å². The van der Waals surface area contributed by atoms with Crippen molar-refractivity contribution in [3.8, 4) is 0 Å². The number of benzene rings is 1. The molecule has 2 aliphatic rings. The van der Waals surface area contributed by atoms with E-state index >= 15 is 0 Å². The summed E-state index contributed by atoms with van der Waals surface area (Å²) < 4.78 is 1.96. The van der Waals surface area contributed by atoms with Crippen molar-refractivity contribution in [2.45, 2.75) is 38.3 Å². The smallest absolute Gasteiger partial charge is 0.228 e. The van der Waals surface area contributed by atoms with Gasteiger partial charge in [-0.15, -0.1) is 0 Å². The molecule has 4 rings (SSSR count). The highest BCUT2D eigenvalue weighted by molar-refractivity contribution is 5.95. The molecule has 2 aromatic rings. The van der Waals surface area contributed by atoms with Crippen LogP contribution in [0.15, 0.2) is 30.6 Å². The molecule has 0 unspecified atom stereocenters. The first-order valence-corrected chi connectivity index (χ1v) is 8.29. The number of rotatable bonds is 4. The summed E-state index contributed by atoms with van der Waals surface area (Å²) in [5.74, 6) is 1.27. The number of fused-ring (bicyclic) bond motifs is 2. The number of carbonyl (C=O) groups is 1. The van der Waals surface area contributed by atoms with E-state index in [0.717, 1.165) is 43.9 Å². The second-order valence-corrected chi connectivity index (χ2v) is 6.22. The highest BCUT2D eigenvalue weighted by Gasteiger charge is 2.24. The SMILES string of the molecule is O=C(CCN[C@H]1CCc2ncnn2C1)N1CCc2ccccc21. The molecule has 6 nitrogen and oxygen atoms in total. The van der Waals surface area contributed by atoms with Crippen molar-refractivity contribution in [3.05, 3.63) is 42.0 Å². The number of anilines is 1. The van der Waals surface area contributed by atoms with Crippen LogP contribution in [-0.2, 0) is 24.2 Å². The van der Waals surface area contributed by atoms with Gasteiger partial charge in [-0.25, -0.2) is 9.67 Å². The second kappa shape index (κ2) is 6.12. The van der Waals surface area contributed by atoms with Crippen molar-refractivity contribution in [3.63, 3.8) is 0 Å². The largest absolute Gasteiger partial charge is 0.312 e. The molecular formula is C17H21N5O. The lowest BCUT2D eigenvalue weighted by molar-refractivity contribution is -0.118. The van der Waals surface area contributed by atoms with Crippen LogP contribution >= 0.6 is 0 Å². The number of carbonyl (C=O) groups excluding carboxylic acids is 1. The summed E-state index contributed by atoms with van der Waals surface area (Å²) >= 11 is 0. The molecule has 120 valence electrons. The summed E-state index contributed by atoms with van der Waals surface area (Å²) in [6, 6.07) is 8.57. The molecule has 2 aliphatic heterocycles. The maximum Gasteiger partial charge on any atom is 0.228 e. The Labute approximate surface area is 135 Å². The lowest BCUT2D eigenvalue weighted by Gasteiger charge is -2.24. The number of hydrogen-bond donors (Lipinski definition) is 1. The summed E-state index contributed by atoms with van der Waals surface area (Å²) in [4.78, 5) is 18.6. The fraction of sp³-hybridized carbons (Fsp3) is 0.471. The van der Waals surface area contributed by atoms with Gasteiger partial charge in [-0.3, -0.25) is 4.79 Å². The van der Waals surface area contributed by atoms with E-state index in [0.29, 0.717) is 19.0 Å². The Balaban J connectivity index is 1.28. The average Bonchev–Trinajstić information content (AvgIpc) is 3.21. The minimum atomic E-state index is 0.208. The zero-order valence-electron chi connectivity index (χ0n) is 13.1. The summed E-state index contributed by atoms with van der Waals surface area (Å²) in [7, 11) is 0. The molecule has 3 heterocycles. The summed E-state index contributed by atoms with van der Waals surface area (Å²) in [5.41, 5.74) is 2.36. The predicted molar refractivity (Wildman–Crippen MR) is 87.2 cm³/mol. The van der Waals surface area contributed by atoms with Gasteiger partial charge in [0.1, 0.15) is 12.2 Å². The molecule has 0 radical (unpaired) electrons. The van der Waals surface area contributed by atoms with E-state index in [1.54, 1.807) is 6.33 Å². The lowest BCUT2D eigenvalue weighted by atomic mass is 10.1. The maximum absolute atomic E-state index is 12.5. The Kier molecular flexibility index (Phi) is 3.83. The van der Waals surface area contributed by atoms with E-state index in [9.17, 15) is 4.79 Å². The number of hydrogen-bond acceptors (Lipinski definition) is 4. The predicted octanol–water partition coefficient (Wildman–Crippen LogP) is 1.16. The third-order valence-corrected chi connectivity index (χ3v) is 4.77. The number of nitrogens with one attached hydrogen (secondary N) is 1. The summed E-state index contributed by atoms with van der Waals surface area (Å²) in [5, 5.41) is 7.72. The lowest BCUT2D eigenvalue weighted by Crippen LogP contribution is -2.40. The van der Waals surface area contributed by atoms with Gasteiger partial charge in [-0.1, -0.05) is 18.2 Å². The topological polar surface area (TPSA) is 63.1 Å². The molecule has 23 heavy (non-hydrogen) atoms. The van der Waals surface area contributed by atoms with E-state index < -0.39 is 0 Å². The Hall–Kier alpha value is -2.21. The molecule has 0 fully saturated rings. The van der Waals surface area contributed by atoms with Gasteiger partial charge in [-0.05, 0) is 24.5 Å². The van der Waals surface area contributed by atoms with Crippen LogP contribution in [0.5, 0.6) is 0 Å². The molecule has 1 aromatic heterocycles. The second-order valence-electron chi connectivity index (χ2n) is 6.22. The summed E-state index contributed by atoms with van der Waals surface area (Å²) in [6.45, 7) is 2.37. The minimum Gasteiger partial charge on any atom is -0.312 e. The quantitative estimate of drug-likeness (QED) is 0.920. The van der Waals surface area contributed by atoms with Gasteiger partial charge >= 0.3 is 0 Å². The van der Waals surface area contributed by atoms with Crippen LogP contribution in [0.3, 0.4) is 0 Å². The standard InChI is InChI=1S/C17H21N5O/c23-17(21-10-8-13-3-1-2-4-15(13)21)7-9-18-14-5-6-16-19-12-20-22(16)11-14/h1-4,12,14,18H,5-11H2/t14-/m0/s1. The van der Waals surface area contributed by atoms with E-state index in [4.69, 9.17) is 0 Å². The Bertz CT molecular complexity index is 711. The third-order valence-electron chi connectivity index (χ3n) is 4.77. The van der Waals surface area contributed by atoms with Gasteiger partial charge in [-0.2, -0.15) is 5.10 Å². The monoisotopic (exact) mass is 311 g/mol. The first-order chi connectivity index (χ1) is 11.3. The van der Waals surface area contributed by atoms with Crippen LogP contribution in [0.25, 0.3) is 0 Å². The average molecular weight is 311 g/mol. The zero-order chi connectivity index (χ0) is 15.6. The molecule has 0 spiro atoms. The fourth-order valence-corrected chi connectivity index (χ4v) is 3.52. The summed E-state index contributed by atoms with van der Waals surface area (Å²) in [6.07, 6.45) is 5.12. The third kappa shape index (κ3) is 2.86. The molecule has 6 heteroatoms. The van der Waals surface area contributed by atoms with Crippen molar-refractivity contribution in [1.82, 2.24) is 20.1 Å². The van der Waals surface area contributed by atoms with Gasteiger partial charge in [0, 0.05) is 37.7 Å². The molecule has 1 N–H and O–H groups in total. The molecule has 1 amide bonds. The van der Waals surface area contributed by atoms with Crippen molar-refractivity contribution in [2.75, 3.05) is 18.0 Å². The number of amides is 1. The molecule has 0 saturated heterocycles. The van der Waals surface area contributed by atoms with Gasteiger partial charge in [0.15, 0.2) is 0 Å². The van der Waals surface area contributed by atoms with Crippen molar-refractivity contribution >= 4 is 11.6 Å². The first kappa shape index (κ1) is 14.4. The van der Waals surface area contributed by atoms with Crippen LogP contribution < -0.4 is 10.2 Å². The van der Waals surface area contributed by atoms with Crippen LogP contribution in [0.4, 0.5) is 5.69 Å². The van der Waals surface area contributed by atoms with E-state index in [-0.39, 0.29) is 5.91 Å². The minimum absolute atomic E-state index is 0.208. The van der Waals surface area contributed by atoms with Crippen LogP contribution in [0.1, 0.15) is 24.2 Å². The molecule has 0 aliphatic carbocycles. The zero-order valence-corrected chi connectivity index (χ0v) is 13.1. The van der Waals surface area contributed by atoms with Crippen LogP contribution in [0, 0.1) is 0 Å². The Morgan fingerprint density at radius 3 is 3.17 bits per heavy atom. The van der Waals surface area contributed by atoms with Gasteiger partial charge in [0.25, 0.3) is 0 Å². The first-order valence-electron chi connectivity index (χ1n) is 8.29. The Morgan fingerprint density at radius 2 is 2.22 bits per heavy atom. The number of aryl methyl sites for hydroxylation is 1. The van der Waals surface area contributed by atoms with E-state index in [2.05, 4.69) is 21.5 Å². The number of nitrogens with zero attached hydrogens (tertiary/aromatic N) is 4. The Morgan fingerprint density at radius 1 is 1.30 bits per heavy atom. The van der Waals surface area contributed by atoms with Crippen LogP contribution in [0.2, 0.25) is 0 Å². The van der Waals surface area contributed by atoms with Gasteiger partial charge < -0.3 is 10.2 Å². The molecule has 1 atom stereocenters. The fourth-order valence-electron chi connectivity index (χ4n) is 3.52. The number of para-hydroxylation sites is 1. The van der Waals surface area contributed by atoms with Crippen molar-refractivity contribution < 1.29 is 4.79 Å². The van der Waals surface area contributed by atoms with E-state index in [1.807, 2.05) is 27.8 Å². The van der Waals surface area contributed by atoms with Crippen molar-refractivity contribution in [2.24, 2.45) is 0 Å². The van der Waals surface area contributed by atoms with Crippen molar-refractivity contribution in [1.29, 1.82) is 0 Å². The molecular weight excluding hydrogens is 290 g/mol. The molecule has 1 aromatic carbocycles. The normalized spacial score (nSPS) is 19.5. The maximum atomic E-state index is 12.5. The van der Waals surface area contributed by atoms with Gasteiger partial charge in [0.05, 0.1) is 6.54 Å². The highest BCUT2D eigenvalue weighted by atomic mass is 16.2. The number of aromatic nitrogens is 3. The highest BCUT2D eigenvalue weighted by Crippen LogP contribution is 2.27. The molecule has 0 bridgehead atoms. The molecule has 0 saturated carbocycles.